The topological polar surface area (TPSA) is 96.2 Å². The summed E-state index contributed by atoms with van der Waals surface area (Å²) in [6.07, 6.45) is 8.38. The van der Waals surface area contributed by atoms with Gasteiger partial charge in [0.15, 0.2) is 5.65 Å². The second kappa shape index (κ2) is 4.92. The van der Waals surface area contributed by atoms with Gasteiger partial charge < -0.3 is 4.79 Å². The van der Waals surface area contributed by atoms with Crippen LogP contribution in [0.2, 0.25) is 0 Å². The number of carbonyl (C=O) groups is 2. The van der Waals surface area contributed by atoms with Crippen molar-refractivity contribution >= 4 is 23.5 Å². The number of aromatic amines is 1. The molecule has 3 aromatic rings. The Labute approximate surface area is 113 Å². The van der Waals surface area contributed by atoms with Crippen molar-refractivity contribution in [3.05, 3.63) is 42.6 Å². The second-order valence-electron chi connectivity index (χ2n) is 3.99. The Morgan fingerprint density at radius 1 is 1.45 bits per heavy atom. The van der Waals surface area contributed by atoms with Crippen molar-refractivity contribution in [1.82, 2.24) is 24.8 Å². The molecule has 3 heterocycles. The number of hydrogen-bond donors (Lipinski definition) is 1. The third-order valence-corrected chi connectivity index (χ3v) is 2.81. The zero-order valence-corrected chi connectivity index (χ0v) is 10.3. The highest BCUT2D eigenvalue weighted by molar-refractivity contribution is 6.10. The zero-order chi connectivity index (χ0) is 13.9. The van der Waals surface area contributed by atoms with Crippen LogP contribution < -0.4 is 4.90 Å². The fraction of sp³-hybridized carbons (Fsp3) is 0.0833. The van der Waals surface area contributed by atoms with Crippen LogP contribution in [0.4, 0.5) is 5.69 Å². The van der Waals surface area contributed by atoms with E-state index in [2.05, 4.69) is 20.3 Å². The Morgan fingerprint density at radius 3 is 3.10 bits per heavy atom. The summed E-state index contributed by atoms with van der Waals surface area (Å²) in [4.78, 5) is 28.8. The lowest BCUT2D eigenvalue weighted by Crippen LogP contribution is -2.32. The molecule has 8 heteroatoms. The molecule has 0 fully saturated rings. The van der Waals surface area contributed by atoms with Crippen molar-refractivity contribution in [2.24, 2.45) is 0 Å². The number of rotatable bonds is 4. The number of aldehydes is 1. The van der Waals surface area contributed by atoms with Crippen molar-refractivity contribution in [2.75, 3.05) is 11.4 Å². The lowest BCUT2D eigenvalue weighted by atomic mass is 10.2. The SMILES string of the molecule is O=CCN(C(=O)c1cnn2cccnc12)c1cn[nH]c1. The molecule has 0 saturated carbocycles. The van der Waals surface area contributed by atoms with Crippen LogP contribution in [0.25, 0.3) is 5.65 Å². The van der Waals surface area contributed by atoms with Gasteiger partial charge in [-0.15, -0.1) is 0 Å². The maximum absolute atomic E-state index is 12.5. The van der Waals surface area contributed by atoms with Gasteiger partial charge in [-0.2, -0.15) is 10.2 Å². The highest BCUT2D eigenvalue weighted by Crippen LogP contribution is 2.16. The number of amides is 1. The molecule has 0 aliphatic heterocycles. The van der Waals surface area contributed by atoms with Crippen molar-refractivity contribution < 1.29 is 9.59 Å². The van der Waals surface area contributed by atoms with Gasteiger partial charge in [0, 0.05) is 18.6 Å². The van der Waals surface area contributed by atoms with E-state index < -0.39 is 0 Å². The summed E-state index contributed by atoms with van der Waals surface area (Å²) in [6.45, 7) is -0.0669. The number of fused-ring (bicyclic) bond motifs is 1. The van der Waals surface area contributed by atoms with E-state index >= 15 is 0 Å². The monoisotopic (exact) mass is 270 g/mol. The molecular formula is C12H10N6O2. The van der Waals surface area contributed by atoms with Gasteiger partial charge in [-0.25, -0.2) is 9.50 Å². The summed E-state index contributed by atoms with van der Waals surface area (Å²) in [5, 5.41) is 10.4. The standard InChI is InChI=1S/C12H10N6O2/c19-5-4-17(9-6-14-15-7-9)12(20)10-8-16-18-3-1-2-13-11(10)18/h1-3,5-8H,4H2,(H,14,15). The quantitative estimate of drug-likeness (QED) is 0.688. The first-order valence-corrected chi connectivity index (χ1v) is 5.84. The average Bonchev–Trinajstić information content (AvgIpc) is 3.13. The molecule has 0 spiro atoms. The molecule has 0 radical (unpaired) electrons. The summed E-state index contributed by atoms with van der Waals surface area (Å²) in [6, 6.07) is 1.72. The number of H-pyrrole nitrogens is 1. The van der Waals surface area contributed by atoms with Gasteiger partial charge >= 0.3 is 0 Å². The lowest BCUT2D eigenvalue weighted by molar-refractivity contribution is -0.106. The molecule has 100 valence electrons. The van der Waals surface area contributed by atoms with Crippen LogP contribution in [0.1, 0.15) is 10.4 Å². The molecule has 0 aliphatic rings. The van der Waals surface area contributed by atoms with Gasteiger partial charge in [0.1, 0.15) is 11.8 Å². The zero-order valence-electron chi connectivity index (χ0n) is 10.3. The third kappa shape index (κ3) is 1.92. The molecule has 0 saturated heterocycles. The van der Waals surface area contributed by atoms with E-state index in [0.717, 1.165) is 0 Å². The van der Waals surface area contributed by atoms with E-state index in [4.69, 9.17) is 0 Å². The maximum Gasteiger partial charge on any atom is 0.264 e. The van der Waals surface area contributed by atoms with E-state index in [1.807, 2.05) is 0 Å². The van der Waals surface area contributed by atoms with Crippen LogP contribution in [0.3, 0.4) is 0 Å². The summed E-state index contributed by atoms with van der Waals surface area (Å²) in [5.74, 6) is -0.354. The predicted molar refractivity (Wildman–Crippen MR) is 69.3 cm³/mol. The lowest BCUT2D eigenvalue weighted by Gasteiger charge is -2.16. The molecule has 0 aromatic carbocycles. The molecule has 0 bridgehead atoms. The van der Waals surface area contributed by atoms with E-state index in [0.29, 0.717) is 23.2 Å². The minimum absolute atomic E-state index is 0.0669. The molecule has 8 nitrogen and oxygen atoms in total. The first-order valence-electron chi connectivity index (χ1n) is 5.84. The van der Waals surface area contributed by atoms with Gasteiger partial charge in [0.05, 0.1) is 24.6 Å². The molecule has 0 unspecified atom stereocenters. The van der Waals surface area contributed by atoms with Crippen LogP contribution >= 0.6 is 0 Å². The molecule has 0 aliphatic carbocycles. The minimum atomic E-state index is -0.354. The normalized spacial score (nSPS) is 10.6. The van der Waals surface area contributed by atoms with Gasteiger partial charge in [-0.05, 0) is 6.07 Å². The first kappa shape index (κ1) is 12.0. The molecule has 20 heavy (non-hydrogen) atoms. The van der Waals surface area contributed by atoms with Gasteiger partial charge in [0.2, 0.25) is 0 Å². The fourth-order valence-corrected chi connectivity index (χ4v) is 1.90. The minimum Gasteiger partial charge on any atom is -0.301 e. The highest BCUT2D eigenvalue weighted by Gasteiger charge is 2.22. The summed E-state index contributed by atoms with van der Waals surface area (Å²) >= 11 is 0. The van der Waals surface area contributed by atoms with Gasteiger partial charge in [0.25, 0.3) is 5.91 Å². The van der Waals surface area contributed by atoms with Crippen molar-refractivity contribution in [3.63, 3.8) is 0 Å². The van der Waals surface area contributed by atoms with Crippen LogP contribution in [-0.2, 0) is 4.79 Å². The first-order chi connectivity index (χ1) is 9.81. The Kier molecular flexibility index (Phi) is 2.96. The molecule has 0 atom stereocenters. The molecule has 3 rings (SSSR count). The van der Waals surface area contributed by atoms with Crippen LogP contribution in [-0.4, -0.2) is 43.5 Å². The fourth-order valence-electron chi connectivity index (χ4n) is 1.90. The third-order valence-electron chi connectivity index (χ3n) is 2.81. The maximum atomic E-state index is 12.5. The number of nitrogens with one attached hydrogen (secondary N) is 1. The summed E-state index contributed by atoms with van der Waals surface area (Å²) in [7, 11) is 0. The largest absolute Gasteiger partial charge is 0.301 e. The van der Waals surface area contributed by atoms with Crippen molar-refractivity contribution in [2.45, 2.75) is 0 Å². The van der Waals surface area contributed by atoms with Crippen molar-refractivity contribution in [3.8, 4) is 0 Å². The predicted octanol–water partition coefficient (Wildman–Crippen LogP) is 0.298. The molecule has 1 amide bonds. The van der Waals surface area contributed by atoms with E-state index in [1.165, 1.54) is 21.8 Å². The number of nitrogens with zero attached hydrogens (tertiary/aromatic N) is 5. The average molecular weight is 270 g/mol. The van der Waals surface area contributed by atoms with E-state index in [9.17, 15) is 9.59 Å². The smallest absolute Gasteiger partial charge is 0.264 e. The number of anilines is 1. The van der Waals surface area contributed by atoms with Gasteiger partial charge in [-0.1, -0.05) is 0 Å². The summed E-state index contributed by atoms with van der Waals surface area (Å²) < 4.78 is 1.50. The Morgan fingerprint density at radius 2 is 2.35 bits per heavy atom. The second-order valence-corrected chi connectivity index (χ2v) is 3.99. The molecule has 3 aromatic heterocycles. The van der Waals surface area contributed by atoms with Crippen LogP contribution in [0.5, 0.6) is 0 Å². The molecular weight excluding hydrogens is 260 g/mol. The van der Waals surface area contributed by atoms with Gasteiger partial charge in [-0.3, -0.25) is 14.8 Å². The van der Waals surface area contributed by atoms with Crippen LogP contribution in [0, 0.1) is 0 Å². The highest BCUT2D eigenvalue weighted by atomic mass is 16.2. The van der Waals surface area contributed by atoms with Crippen LogP contribution in [0.15, 0.2) is 37.1 Å². The van der Waals surface area contributed by atoms with E-state index in [1.54, 1.807) is 24.7 Å². The van der Waals surface area contributed by atoms with E-state index in [-0.39, 0.29) is 12.5 Å². The number of hydrogen-bond acceptors (Lipinski definition) is 5. The molecule has 1 N–H and O–H groups in total. The number of aromatic nitrogens is 5. The Hall–Kier alpha value is -3.03. The number of carbonyl (C=O) groups excluding carboxylic acids is 2. The Balaban J connectivity index is 2.03. The summed E-state index contributed by atoms with van der Waals surface area (Å²) in [5.41, 5.74) is 1.28. The Bertz CT molecular complexity index is 748. The van der Waals surface area contributed by atoms with Crippen molar-refractivity contribution in [1.29, 1.82) is 0 Å².